The number of phenols is 1. The fourth-order valence-corrected chi connectivity index (χ4v) is 3.28. The highest BCUT2D eigenvalue weighted by molar-refractivity contribution is 7.99. The molecule has 7 heteroatoms. The summed E-state index contributed by atoms with van der Waals surface area (Å²) in [4.78, 5) is 11.7. The number of halogens is 2. The lowest BCUT2D eigenvalue weighted by Gasteiger charge is -2.06. The summed E-state index contributed by atoms with van der Waals surface area (Å²) in [5, 5.41) is 14.5. The van der Waals surface area contributed by atoms with Crippen molar-refractivity contribution in [2.24, 2.45) is 5.10 Å². The number of carbonyl (C=O) groups excluding carboxylic acids is 1. The van der Waals surface area contributed by atoms with Gasteiger partial charge in [0.15, 0.2) is 0 Å². The summed E-state index contributed by atoms with van der Waals surface area (Å²) < 4.78 is 0. The van der Waals surface area contributed by atoms with Crippen molar-refractivity contribution in [3.63, 3.8) is 0 Å². The number of para-hydroxylation sites is 1. The van der Waals surface area contributed by atoms with E-state index in [-0.39, 0.29) is 17.4 Å². The quantitative estimate of drug-likeness (QED) is 0.596. The van der Waals surface area contributed by atoms with E-state index >= 15 is 0 Å². The molecule has 0 aliphatic carbocycles. The Hall–Kier alpha value is -1.69. The summed E-state index contributed by atoms with van der Waals surface area (Å²) in [5.41, 5.74) is 3.75. The van der Waals surface area contributed by atoms with Crippen LogP contribution in [0.25, 0.3) is 0 Å². The Morgan fingerprint density at radius 2 is 1.87 bits per heavy atom. The molecule has 2 aromatic carbocycles. The first kappa shape index (κ1) is 17.7. The topological polar surface area (TPSA) is 61.7 Å². The molecule has 0 radical (unpaired) electrons. The fraction of sp³-hybridized carbons (Fsp3) is 0.125. The largest absolute Gasteiger partial charge is 0.507 e. The first-order chi connectivity index (χ1) is 11.1. The number of benzene rings is 2. The van der Waals surface area contributed by atoms with Gasteiger partial charge in [-0.1, -0.05) is 41.4 Å². The van der Waals surface area contributed by atoms with Gasteiger partial charge in [-0.2, -0.15) is 5.10 Å². The van der Waals surface area contributed by atoms with Gasteiger partial charge in [0.05, 0.1) is 12.0 Å². The molecule has 2 rings (SSSR count). The molecule has 0 aliphatic rings. The summed E-state index contributed by atoms with van der Waals surface area (Å²) in [6.07, 6.45) is 1.39. The number of phenolic OH excluding ortho intramolecular Hbond substituents is 1. The molecule has 0 saturated heterocycles. The highest BCUT2D eigenvalue weighted by Crippen LogP contribution is 2.28. The highest BCUT2D eigenvalue weighted by atomic mass is 35.5. The predicted octanol–water partition coefficient (Wildman–Crippen LogP) is 4.08. The van der Waals surface area contributed by atoms with Crippen molar-refractivity contribution in [1.29, 1.82) is 0 Å². The van der Waals surface area contributed by atoms with Crippen molar-refractivity contribution in [2.45, 2.75) is 5.75 Å². The average Bonchev–Trinajstić information content (AvgIpc) is 2.52. The number of hydrogen-bond donors (Lipinski definition) is 2. The molecule has 1 amide bonds. The molecular formula is C16H14Cl2N2O2S. The Morgan fingerprint density at radius 1 is 1.17 bits per heavy atom. The Labute approximate surface area is 148 Å². The van der Waals surface area contributed by atoms with Gasteiger partial charge in [-0.3, -0.25) is 4.79 Å². The van der Waals surface area contributed by atoms with Gasteiger partial charge in [0.25, 0.3) is 0 Å². The molecule has 0 spiro atoms. The molecule has 2 N–H and O–H groups in total. The first-order valence-electron chi connectivity index (χ1n) is 6.68. The number of hydrogen-bond acceptors (Lipinski definition) is 4. The van der Waals surface area contributed by atoms with Crippen LogP contribution in [0.15, 0.2) is 47.6 Å². The predicted molar refractivity (Wildman–Crippen MR) is 96.5 cm³/mol. The van der Waals surface area contributed by atoms with Gasteiger partial charge in [-0.05, 0) is 29.8 Å². The van der Waals surface area contributed by atoms with Gasteiger partial charge in [-0.25, -0.2) is 5.43 Å². The van der Waals surface area contributed by atoms with Gasteiger partial charge < -0.3 is 5.11 Å². The Morgan fingerprint density at radius 3 is 2.57 bits per heavy atom. The van der Waals surface area contributed by atoms with Gasteiger partial charge >= 0.3 is 0 Å². The molecule has 0 aliphatic heterocycles. The molecule has 0 saturated carbocycles. The molecule has 0 fully saturated rings. The van der Waals surface area contributed by atoms with E-state index < -0.39 is 0 Å². The van der Waals surface area contributed by atoms with Crippen LogP contribution in [0.2, 0.25) is 10.0 Å². The molecule has 2 aromatic rings. The van der Waals surface area contributed by atoms with Crippen LogP contribution < -0.4 is 5.43 Å². The summed E-state index contributed by atoms with van der Waals surface area (Å²) in [5.74, 6) is 0.618. The van der Waals surface area contributed by atoms with Crippen LogP contribution in [-0.2, 0) is 10.5 Å². The zero-order valence-corrected chi connectivity index (χ0v) is 14.3. The summed E-state index contributed by atoms with van der Waals surface area (Å²) in [6, 6.07) is 12.0. The van der Waals surface area contributed by atoms with E-state index in [1.165, 1.54) is 18.0 Å². The van der Waals surface area contributed by atoms with E-state index in [0.717, 1.165) is 5.56 Å². The normalized spacial score (nSPS) is 10.9. The van der Waals surface area contributed by atoms with E-state index in [2.05, 4.69) is 10.5 Å². The van der Waals surface area contributed by atoms with Gasteiger partial charge in [0.2, 0.25) is 5.91 Å². The van der Waals surface area contributed by atoms with Crippen LogP contribution in [0.4, 0.5) is 0 Å². The van der Waals surface area contributed by atoms with Gasteiger partial charge in [0.1, 0.15) is 5.75 Å². The van der Waals surface area contributed by atoms with Crippen molar-refractivity contribution in [3.05, 3.63) is 63.6 Å². The lowest BCUT2D eigenvalue weighted by Crippen LogP contribution is -2.19. The van der Waals surface area contributed by atoms with Crippen molar-refractivity contribution < 1.29 is 9.90 Å². The van der Waals surface area contributed by atoms with E-state index in [9.17, 15) is 9.90 Å². The monoisotopic (exact) mass is 368 g/mol. The molecule has 120 valence electrons. The SMILES string of the molecule is O=C(CSCc1c(Cl)cccc1Cl)NN=Cc1ccccc1O. The maximum absolute atomic E-state index is 11.7. The second-order valence-corrected chi connectivity index (χ2v) is 6.35. The number of nitrogens with one attached hydrogen (secondary N) is 1. The van der Waals surface area contributed by atoms with Crippen molar-refractivity contribution in [3.8, 4) is 5.75 Å². The minimum Gasteiger partial charge on any atom is -0.507 e. The maximum Gasteiger partial charge on any atom is 0.250 e. The van der Waals surface area contributed by atoms with Crippen molar-refractivity contribution in [1.82, 2.24) is 5.43 Å². The minimum absolute atomic E-state index is 0.105. The molecule has 0 bridgehead atoms. The average molecular weight is 369 g/mol. The van der Waals surface area contributed by atoms with Crippen LogP contribution >= 0.6 is 35.0 Å². The second-order valence-electron chi connectivity index (χ2n) is 4.55. The molecule has 0 atom stereocenters. The molecule has 0 heterocycles. The van der Waals surface area contributed by atoms with Crippen LogP contribution in [0.5, 0.6) is 5.75 Å². The highest BCUT2D eigenvalue weighted by Gasteiger charge is 2.07. The smallest absolute Gasteiger partial charge is 0.250 e. The summed E-state index contributed by atoms with van der Waals surface area (Å²) >= 11 is 13.5. The Bertz CT molecular complexity index is 703. The number of hydrazone groups is 1. The third kappa shape index (κ3) is 5.46. The third-order valence-corrected chi connectivity index (χ3v) is 4.54. The lowest BCUT2D eigenvalue weighted by atomic mass is 10.2. The Balaban J connectivity index is 1.79. The number of carbonyl (C=O) groups is 1. The molecule has 23 heavy (non-hydrogen) atoms. The number of thioether (sulfide) groups is 1. The van der Waals surface area contributed by atoms with Crippen LogP contribution in [-0.4, -0.2) is 23.0 Å². The number of rotatable bonds is 6. The first-order valence-corrected chi connectivity index (χ1v) is 8.59. The van der Waals surface area contributed by atoms with Crippen molar-refractivity contribution >= 4 is 47.1 Å². The van der Waals surface area contributed by atoms with Gasteiger partial charge in [-0.15, -0.1) is 11.8 Å². The molecule has 0 aromatic heterocycles. The second kappa shape index (κ2) is 8.82. The maximum atomic E-state index is 11.7. The lowest BCUT2D eigenvalue weighted by molar-refractivity contribution is -0.118. The molecular weight excluding hydrogens is 355 g/mol. The van der Waals surface area contributed by atoms with Crippen molar-refractivity contribution in [2.75, 3.05) is 5.75 Å². The number of aromatic hydroxyl groups is 1. The van der Waals surface area contributed by atoms with E-state index in [1.54, 1.807) is 42.5 Å². The van der Waals surface area contributed by atoms with Crippen LogP contribution in [0.3, 0.4) is 0 Å². The fourth-order valence-electron chi connectivity index (χ4n) is 1.72. The number of nitrogens with zero attached hydrogens (tertiary/aromatic N) is 1. The van der Waals surface area contributed by atoms with E-state index in [4.69, 9.17) is 23.2 Å². The Kier molecular flexibility index (Phi) is 6.77. The number of amides is 1. The summed E-state index contributed by atoms with van der Waals surface area (Å²) in [6.45, 7) is 0. The zero-order valence-electron chi connectivity index (χ0n) is 12.0. The van der Waals surface area contributed by atoms with Crippen LogP contribution in [0.1, 0.15) is 11.1 Å². The zero-order chi connectivity index (χ0) is 16.7. The molecule has 0 unspecified atom stereocenters. The molecule has 4 nitrogen and oxygen atoms in total. The van der Waals surface area contributed by atoms with E-state index in [1.807, 2.05) is 0 Å². The summed E-state index contributed by atoms with van der Waals surface area (Å²) in [7, 11) is 0. The minimum atomic E-state index is -0.246. The van der Waals surface area contributed by atoms with E-state index in [0.29, 0.717) is 21.4 Å². The van der Waals surface area contributed by atoms with Crippen LogP contribution in [0, 0.1) is 0 Å². The van der Waals surface area contributed by atoms with Gasteiger partial charge in [0, 0.05) is 21.4 Å². The third-order valence-electron chi connectivity index (χ3n) is 2.87. The standard InChI is InChI=1S/C16H14Cl2N2O2S/c17-13-5-3-6-14(18)12(13)9-23-10-16(22)20-19-8-11-4-1-2-7-15(11)21/h1-8,21H,9-10H2,(H,20,22).